The standard InChI is InChI=1S/C8H20N2O4Si/c1-11-15(13-7-8-14-15)12-6-2-4-10-5-3-9/h10H,2-9H2,1H3. The molecule has 3 N–H and O–H groups in total. The van der Waals surface area contributed by atoms with E-state index in [1.165, 1.54) is 0 Å². The first-order chi connectivity index (χ1) is 7.33. The minimum atomic E-state index is -2.73. The van der Waals surface area contributed by atoms with Gasteiger partial charge in [0.1, 0.15) is 0 Å². The highest BCUT2D eigenvalue weighted by molar-refractivity contribution is 6.53. The van der Waals surface area contributed by atoms with Crippen molar-refractivity contribution in [1.82, 2.24) is 5.32 Å². The van der Waals surface area contributed by atoms with Gasteiger partial charge in [0.15, 0.2) is 0 Å². The molecule has 0 unspecified atom stereocenters. The summed E-state index contributed by atoms with van der Waals surface area (Å²) in [6, 6.07) is 0. The van der Waals surface area contributed by atoms with Crippen LogP contribution in [0, 0.1) is 0 Å². The van der Waals surface area contributed by atoms with Crippen molar-refractivity contribution in [3.8, 4) is 0 Å². The second-order valence-electron chi connectivity index (χ2n) is 3.14. The first-order valence-corrected chi connectivity index (χ1v) is 6.84. The maximum Gasteiger partial charge on any atom is 0.679 e. The van der Waals surface area contributed by atoms with Crippen molar-refractivity contribution in [2.24, 2.45) is 5.73 Å². The lowest BCUT2D eigenvalue weighted by Crippen LogP contribution is -2.44. The lowest BCUT2D eigenvalue weighted by molar-refractivity contribution is 0.0387. The van der Waals surface area contributed by atoms with Crippen LogP contribution in [0.4, 0.5) is 0 Å². The normalized spacial score (nSPS) is 19.6. The molecule has 0 atom stereocenters. The van der Waals surface area contributed by atoms with E-state index in [0.29, 0.717) is 26.4 Å². The Hall–Kier alpha value is -0.0231. The van der Waals surface area contributed by atoms with Crippen LogP contribution in [-0.2, 0) is 17.7 Å². The molecule has 1 heterocycles. The zero-order valence-corrected chi connectivity index (χ0v) is 10.2. The molecule has 6 nitrogen and oxygen atoms in total. The Morgan fingerprint density at radius 1 is 1.33 bits per heavy atom. The fourth-order valence-corrected chi connectivity index (χ4v) is 2.92. The second-order valence-corrected chi connectivity index (χ2v) is 5.42. The maximum absolute atomic E-state index is 5.52. The Kier molecular flexibility index (Phi) is 6.33. The summed E-state index contributed by atoms with van der Waals surface area (Å²) < 4.78 is 21.4. The molecule has 0 aromatic rings. The molecule has 1 saturated heterocycles. The van der Waals surface area contributed by atoms with Gasteiger partial charge in [0.05, 0.1) is 13.2 Å². The minimum absolute atomic E-state index is 0.561. The summed E-state index contributed by atoms with van der Waals surface area (Å²) in [5, 5.41) is 3.18. The van der Waals surface area contributed by atoms with Crippen molar-refractivity contribution in [2.75, 3.05) is 46.6 Å². The van der Waals surface area contributed by atoms with Gasteiger partial charge in [-0.2, -0.15) is 0 Å². The third-order valence-electron chi connectivity index (χ3n) is 1.99. The summed E-state index contributed by atoms with van der Waals surface area (Å²) in [6.45, 7) is 4.07. The predicted octanol–water partition coefficient (Wildman–Crippen LogP) is -0.930. The van der Waals surface area contributed by atoms with Crippen LogP contribution in [0.3, 0.4) is 0 Å². The summed E-state index contributed by atoms with van der Waals surface area (Å²) in [7, 11) is -1.17. The van der Waals surface area contributed by atoms with Gasteiger partial charge in [-0.05, 0) is 13.0 Å². The predicted molar refractivity (Wildman–Crippen MR) is 57.2 cm³/mol. The molecule has 15 heavy (non-hydrogen) atoms. The van der Waals surface area contributed by atoms with Crippen LogP contribution in [0.25, 0.3) is 0 Å². The van der Waals surface area contributed by atoms with Crippen molar-refractivity contribution < 1.29 is 17.7 Å². The molecule has 0 spiro atoms. The minimum Gasteiger partial charge on any atom is -0.355 e. The average Bonchev–Trinajstić information content (AvgIpc) is 2.73. The molecule has 0 amide bonds. The highest BCUT2D eigenvalue weighted by Gasteiger charge is 2.48. The fraction of sp³-hybridized carbons (Fsp3) is 1.00. The third-order valence-corrected chi connectivity index (χ3v) is 4.16. The lowest BCUT2D eigenvalue weighted by Gasteiger charge is -2.19. The van der Waals surface area contributed by atoms with Crippen LogP contribution < -0.4 is 11.1 Å². The number of hydrogen-bond acceptors (Lipinski definition) is 6. The van der Waals surface area contributed by atoms with Gasteiger partial charge >= 0.3 is 9.05 Å². The van der Waals surface area contributed by atoms with E-state index < -0.39 is 9.05 Å². The summed E-state index contributed by atoms with van der Waals surface area (Å²) in [5.74, 6) is 0. The zero-order valence-electron chi connectivity index (χ0n) is 9.16. The SMILES string of the molecule is CO[Si]1(OCCCNCCN)OCCO1. The zero-order chi connectivity index (χ0) is 11.0. The van der Waals surface area contributed by atoms with E-state index in [1.807, 2.05) is 0 Å². The summed E-state index contributed by atoms with van der Waals surface area (Å²) >= 11 is 0. The van der Waals surface area contributed by atoms with Gasteiger partial charge < -0.3 is 28.8 Å². The molecule has 90 valence electrons. The molecule has 1 fully saturated rings. The molecule has 7 heteroatoms. The van der Waals surface area contributed by atoms with Crippen molar-refractivity contribution in [2.45, 2.75) is 6.42 Å². The maximum atomic E-state index is 5.52. The highest BCUT2D eigenvalue weighted by atomic mass is 28.4. The molecule has 0 radical (unpaired) electrons. The van der Waals surface area contributed by atoms with Crippen molar-refractivity contribution in [3.05, 3.63) is 0 Å². The van der Waals surface area contributed by atoms with Gasteiger partial charge in [-0.25, -0.2) is 0 Å². The van der Waals surface area contributed by atoms with Gasteiger partial charge in [-0.15, -0.1) is 0 Å². The van der Waals surface area contributed by atoms with E-state index >= 15 is 0 Å². The van der Waals surface area contributed by atoms with E-state index in [2.05, 4.69) is 5.32 Å². The van der Waals surface area contributed by atoms with Gasteiger partial charge in [0, 0.05) is 26.8 Å². The van der Waals surface area contributed by atoms with Crippen LogP contribution >= 0.6 is 0 Å². The van der Waals surface area contributed by atoms with Gasteiger partial charge in [-0.1, -0.05) is 0 Å². The van der Waals surface area contributed by atoms with Crippen LogP contribution in [0.15, 0.2) is 0 Å². The smallest absolute Gasteiger partial charge is 0.355 e. The number of rotatable bonds is 8. The lowest BCUT2D eigenvalue weighted by atomic mass is 10.4. The molecule has 0 bridgehead atoms. The Bertz CT molecular complexity index is 167. The average molecular weight is 236 g/mol. The molecule has 0 aliphatic carbocycles. The van der Waals surface area contributed by atoms with Crippen LogP contribution in [0.2, 0.25) is 0 Å². The summed E-state index contributed by atoms with van der Waals surface area (Å²) in [5.41, 5.74) is 5.34. The van der Waals surface area contributed by atoms with Crippen LogP contribution in [0.1, 0.15) is 6.42 Å². The molecule has 1 aliphatic rings. The number of nitrogens with two attached hydrogens (primary N) is 1. The molecular weight excluding hydrogens is 216 g/mol. The monoisotopic (exact) mass is 236 g/mol. The van der Waals surface area contributed by atoms with Crippen molar-refractivity contribution >= 4 is 9.05 Å². The van der Waals surface area contributed by atoms with E-state index in [9.17, 15) is 0 Å². The largest absolute Gasteiger partial charge is 0.679 e. The molecule has 0 aromatic carbocycles. The highest BCUT2D eigenvalue weighted by Crippen LogP contribution is 2.15. The summed E-state index contributed by atoms with van der Waals surface area (Å²) in [4.78, 5) is 0. The van der Waals surface area contributed by atoms with E-state index in [4.69, 9.17) is 23.4 Å². The Balaban J connectivity index is 2.02. The summed E-state index contributed by atoms with van der Waals surface area (Å²) in [6.07, 6.45) is 0.894. The van der Waals surface area contributed by atoms with Crippen molar-refractivity contribution in [1.29, 1.82) is 0 Å². The molecule has 1 rings (SSSR count). The number of nitrogens with one attached hydrogen (secondary N) is 1. The Morgan fingerprint density at radius 2 is 2.07 bits per heavy atom. The second kappa shape index (κ2) is 7.28. The quantitative estimate of drug-likeness (QED) is 0.419. The number of hydrogen-bond donors (Lipinski definition) is 2. The molecule has 0 aromatic heterocycles. The topological polar surface area (TPSA) is 75.0 Å². The van der Waals surface area contributed by atoms with Gasteiger partial charge in [0.25, 0.3) is 0 Å². The Labute approximate surface area is 91.5 Å². The molecule has 0 saturated carbocycles. The van der Waals surface area contributed by atoms with E-state index in [1.54, 1.807) is 7.11 Å². The fourth-order valence-electron chi connectivity index (χ4n) is 1.26. The first-order valence-electron chi connectivity index (χ1n) is 5.21. The third kappa shape index (κ3) is 4.56. The van der Waals surface area contributed by atoms with Gasteiger partial charge in [-0.3, -0.25) is 0 Å². The van der Waals surface area contributed by atoms with Crippen LogP contribution in [0.5, 0.6) is 0 Å². The van der Waals surface area contributed by atoms with E-state index in [0.717, 1.165) is 19.5 Å². The Morgan fingerprint density at radius 3 is 2.67 bits per heavy atom. The van der Waals surface area contributed by atoms with Crippen molar-refractivity contribution in [3.63, 3.8) is 0 Å². The van der Waals surface area contributed by atoms with Crippen LogP contribution in [-0.4, -0.2) is 55.6 Å². The molecular formula is C8H20N2O4Si. The molecule has 1 aliphatic heterocycles. The van der Waals surface area contributed by atoms with E-state index in [-0.39, 0.29) is 0 Å². The van der Waals surface area contributed by atoms with Gasteiger partial charge in [0.2, 0.25) is 0 Å². The first kappa shape index (κ1) is 13.0.